The number of nitrogen functional groups attached to an aromatic ring is 1. The van der Waals surface area contributed by atoms with E-state index in [0.29, 0.717) is 11.3 Å². The van der Waals surface area contributed by atoms with Crippen molar-refractivity contribution in [3.05, 3.63) is 6.07 Å². The number of nitrogens with zero attached hydrogens (tertiary/aromatic N) is 3. The van der Waals surface area contributed by atoms with Crippen LogP contribution in [0, 0.1) is 5.41 Å². The van der Waals surface area contributed by atoms with Gasteiger partial charge in [-0.05, 0) is 31.1 Å². The molecule has 3 rings (SSSR count). The lowest BCUT2D eigenvalue weighted by Gasteiger charge is -2.44. The quantitative estimate of drug-likeness (QED) is 0.899. The fourth-order valence-electron chi connectivity index (χ4n) is 3.71. The van der Waals surface area contributed by atoms with Crippen molar-refractivity contribution in [1.29, 1.82) is 0 Å². The van der Waals surface area contributed by atoms with Gasteiger partial charge in [-0.3, -0.25) is 0 Å². The third-order valence-corrected chi connectivity index (χ3v) is 4.98. The van der Waals surface area contributed by atoms with Crippen LogP contribution in [0.4, 0.5) is 11.8 Å². The lowest BCUT2D eigenvalue weighted by molar-refractivity contribution is 0.144. The fraction of sp³-hybridized carbons (Fsp3) is 0.733. The third-order valence-electron chi connectivity index (χ3n) is 4.98. The Labute approximate surface area is 120 Å². The van der Waals surface area contributed by atoms with E-state index in [9.17, 15) is 0 Å². The summed E-state index contributed by atoms with van der Waals surface area (Å²) in [6.45, 7) is 2.14. The number of hydrogen-bond acceptors (Lipinski definition) is 5. The molecule has 1 aromatic rings. The van der Waals surface area contributed by atoms with Gasteiger partial charge in [0.25, 0.3) is 0 Å². The summed E-state index contributed by atoms with van der Waals surface area (Å²) in [7, 11) is 1.61. The van der Waals surface area contributed by atoms with Crippen molar-refractivity contribution in [2.24, 2.45) is 5.41 Å². The first-order chi connectivity index (χ1) is 9.71. The minimum atomic E-state index is 0.289. The number of ether oxygens (including phenoxy) is 1. The summed E-state index contributed by atoms with van der Waals surface area (Å²) in [5, 5.41) is 0. The smallest absolute Gasteiger partial charge is 0.225 e. The number of nitrogens with two attached hydrogens (primary N) is 1. The van der Waals surface area contributed by atoms with E-state index in [4.69, 9.17) is 10.5 Å². The summed E-state index contributed by atoms with van der Waals surface area (Å²) < 4.78 is 5.18. The van der Waals surface area contributed by atoms with Crippen molar-refractivity contribution in [3.8, 4) is 5.88 Å². The molecule has 0 amide bonds. The maximum absolute atomic E-state index is 5.75. The molecule has 2 fully saturated rings. The van der Waals surface area contributed by atoms with E-state index < -0.39 is 0 Å². The maximum Gasteiger partial charge on any atom is 0.225 e. The van der Waals surface area contributed by atoms with Gasteiger partial charge in [0.1, 0.15) is 5.82 Å². The van der Waals surface area contributed by atoms with Crippen LogP contribution in [0.25, 0.3) is 0 Å². The largest absolute Gasteiger partial charge is 0.481 e. The molecule has 0 atom stereocenters. The normalized spacial score (nSPS) is 21.9. The van der Waals surface area contributed by atoms with Gasteiger partial charge in [-0.25, -0.2) is 0 Å². The van der Waals surface area contributed by atoms with E-state index in [1.54, 1.807) is 7.11 Å². The number of hydrogen-bond donors (Lipinski definition) is 1. The molecule has 2 N–H and O–H groups in total. The number of methoxy groups -OCH3 is 1. The highest BCUT2D eigenvalue weighted by molar-refractivity contribution is 5.45. The van der Waals surface area contributed by atoms with Gasteiger partial charge in [0.2, 0.25) is 11.8 Å². The van der Waals surface area contributed by atoms with Crippen molar-refractivity contribution in [2.75, 3.05) is 30.8 Å². The molecule has 5 heteroatoms. The molecule has 1 aliphatic heterocycles. The fourth-order valence-corrected chi connectivity index (χ4v) is 3.71. The predicted octanol–water partition coefficient (Wildman–Crippen LogP) is 2.62. The summed E-state index contributed by atoms with van der Waals surface area (Å²) in [5.41, 5.74) is 6.36. The Morgan fingerprint density at radius 2 is 1.80 bits per heavy atom. The highest BCUT2D eigenvalue weighted by atomic mass is 16.5. The Hall–Kier alpha value is -1.52. The molecule has 5 nitrogen and oxygen atoms in total. The SMILES string of the molecule is COc1cc(N2CCC3(CCCCC3)CC2)nc(N)n1. The average molecular weight is 276 g/mol. The van der Waals surface area contributed by atoms with Gasteiger partial charge in [-0.15, -0.1) is 0 Å². The minimum Gasteiger partial charge on any atom is -0.481 e. The Balaban J connectivity index is 1.70. The summed E-state index contributed by atoms with van der Waals surface area (Å²) >= 11 is 0. The van der Waals surface area contributed by atoms with Crippen LogP contribution >= 0.6 is 0 Å². The second kappa shape index (κ2) is 5.46. The molecule has 0 unspecified atom stereocenters. The van der Waals surface area contributed by atoms with E-state index in [1.165, 1.54) is 44.9 Å². The number of rotatable bonds is 2. The first kappa shape index (κ1) is 13.5. The molecule has 1 saturated carbocycles. The van der Waals surface area contributed by atoms with Gasteiger partial charge in [-0.2, -0.15) is 9.97 Å². The molecule has 110 valence electrons. The first-order valence-corrected chi connectivity index (χ1v) is 7.64. The topological polar surface area (TPSA) is 64.3 Å². The maximum atomic E-state index is 5.75. The molecule has 1 spiro atoms. The van der Waals surface area contributed by atoms with Crippen LogP contribution in [0.5, 0.6) is 5.88 Å². The van der Waals surface area contributed by atoms with Gasteiger partial charge in [0.15, 0.2) is 0 Å². The van der Waals surface area contributed by atoms with Gasteiger partial charge in [0, 0.05) is 19.2 Å². The molecule has 2 heterocycles. The van der Waals surface area contributed by atoms with Gasteiger partial charge >= 0.3 is 0 Å². The summed E-state index contributed by atoms with van der Waals surface area (Å²) in [5.74, 6) is 1.74. The molecule has 1 aromatic heterocycles. The molecule has 1 aliphatic carbocycles. The van der Waals surface area contributed by atoms with Crippen LogP contribution < -0.4 is 15.4 Å². The van der Waals surface area contributed by atoms with Gasteiger partial charge < -0.3 is 15.4 Å². The zero-order valence-electron chi connectivity index (χ0n) is 12.3. The molecular formula is C15H24N4O. The van der Waals surface area contributed by atoms with Crippen LogP contribution in [0.1, 0.15) is 44.9 Å². The van der Waals surface area contributed by atoms with Crippen molar-refractivity contribution in [3.63, 3.8) is 0 Å². The molecule has 2 aliphatic rings. The zero-order valence-corrected chi connectivity index (χ0v) is 12.3. The molecule has 20 heavy (non-hydrogen) atoms. The standard InChI is InChI=1S/C15H24N4O/c1-20-13-11-12(17-14(16)18-13)19-9-7-15(8-10-19)5-3-2-4-6-15/h11H,2-10H2,1H3,(H2,16,17,18). The predicted molar refractivity (Wildman–Crippen MR) is 80.0 cm³/mol. The minimum absolute atomic E-state index is 0.289. The molecule has 0 bridgehead atoms. The van der Waals surface area contributed by atoms with E-state index in [-0.39, 0.29) is 5.95 Å². The van der Waals surface area contributed by atoms with Crippen molar-refractivity contribution >= 4 is 11.8 Å². The van der Waals surface area contributed by atoms with Crippen molar-refractivity contribution in [2.45, 2.75) is 44.9 Å². The van der Waals surface area contributed by atoms with Crippen LogP contribution in [0.3, 0.4) is 0 Å². The van der Waals surface area contributed by atoms with Crippen molar-refractivity contribution < 1.29 is 4.74 Å². The van der Waals surface area contributed by atoms with Crippen LogP contribution in [0.15, 0.2) is 6.07 Å². The highest BCUT2D eigenvalue weighted by Gasteiger charge is 2.35. The molecular weight excluding hydrogens is 252 g/mol. The Morgan fingerprint density at radius 1 is 1.10 bits per heavy atom. The lowest BCUT2D eigenvalue weighted by atomic mass is 9.68. The molecule has 0 radical (unpaired) electrons. The lowest BCUT2D eigenvalue weighted by Crippen LogP contribution is -2.41. The Bertz CT molecular complexity index is 461. The van der Waals surface area contributed by atoms with Crippen molar-refractivity contribution in [1.82, 2.24) is 9.97 Å². The van der Waals surface area contributed by atoms with Crippen LogP contribution in [-0.4, -0.2) is 30.2 Å². The number of aromatic nitrogens is 2. The Morgan fingerprint density at radius 3 is 2.45 bits per heavy atom. The van der Waals surface area contributed by atoms with Crippen LogP contribution in [-0.2, 0) is 0 Å². The van der Waals surface area contributed by atoms with Gasteiger partial charge in [0.05, 0.1) is 7.11 Å². The second-order valence-electron chi connectivity index (χ2n) is 6.17. The second-order valence-corrected chi connectivity index (χ2v) is 6.17. The van der Waals surface area contributed by atoms with E-state index in [1.807, 2.05) is 6.07 Å². The number of piperidine rings is 1. The third kappa shape index (κ3) is 2.67. The first-order valence-electron chi connectivity index (χ1n) is 7.64. The Kier molecular flexibility index (Phi) is 3.68. The van der Waals surface area contributed by atoms with E-state index in [2.05, 4.69) is 14.9 Å². The molecule has 0 aromatic carbocycles. The van der Waals surface area contributed by atoms with E-state index >= 15 is 0 Å². The van der Waals surface area contributed by atoms with E-state index in [0.717, 1.165) is 18.9 Å². The highest BCUT2D eigenvalue weighted by Crippen LogP contribution is 2.45. The number of anilines is 2. The average Bonchev–Trinajstić information content (AvgIpc) is 2.48. The molecule has 1 saturated heterocycles. The summed E-state index contributed by atoms with van der Waals surface area (Å²) in [4.78, 5) is 10.7. The summed E-state index contributed by atoms with van der Waals surface area (Å²) in [6.07, 6.45) is 9.62. The summed E-state index contributed by atoms with van der Waals surface area (Å²) in [6, 6.07) is 1.88. The van der Waals surface area contributed by atoms with Gasteiger partial charge in [-0.1, -0.05) is 19.3 Å². The monoisotopic (exact) mass is 276 g/mol. The van der Waals surface area contributed by atoms with Crippen LogP contribution in [0.2, 0.25) is 0 Å². The zero-order chi connectivity index (χ0) is 14.0.